The maximum absolute atomic E-state index is 12.9. The molecule has 0 aliphatic carbocycles. The largest absolute Gasteiger partial charge is 0.322 e. The third-order valence-corrected chi connectivity index (χ3v) is 6.10. The summed E-state index contributed by atoms with van der Waals surface area (Å²) in [5, 5.41) is 3.01. The quantitative estimate of drug-likeness (QED) is 0.689. The van der Waals surface area contributed by atoms with Crippen LogP contribution in [0.4, 0.5) is 11.4 Å². The minimum Gasteiger partial charge on any atom is -0.322 e. The van der Waals surface area contributed by atoms with E-state index in [0.717, 1.165) is 0 Å². The Morgan fingerprint density at radius 2 is 1.59 bits per heavy atom. The van der Waals surface area contributed by atoms with Crippen molar-refractivity contribution >= 4 is 38.9 Å². The van der Waals surface area contributed by atoms with E-state index in [1.807, 2.05) is 6.07 Å². The summed E-state index contributed by atoms with van der Waals surface area (Å²) < 4.78 is 27.0. The molecule has 0 fully saturated rings. The smallest absolute Gasteiger partial charge is 0.264 e. The number of sulfonamides is 1. The molecule has 0 bridgehead atoms. The van der Waals surface area contributed by atoms with Gasteiger partial charge in [0, 0.05) is 12.7 Å². The lowest BCUT2D eigenvalue weighted by molar-refractivity contribution is 0.102. The van der Waals surface area contributed by atoms with E-state index in [-0.39, 0.29) is 4.90 Å². The molecule has 1 amide bonds. The number of hydrogen-bond donors (Lipinski definition) is 1. The number of hydrogen-bond acceptors (Lipinski definition) is 3. The van der Waals surface area contributed by atoms with Crippen molar-refractivity contribution in [1.29, 1.82) is 0 Å². The molecule has 0 unspecified atom stereocenters. The van der Waals surface area contributed by atoms with E-state index >= 15 is 0 Å². The van der Waals surface area contributed by atoms with Crippen LogP contribution in [0.1, 0.15) is 10.4 Å². The van der Waals surface area contributed by atoms with Crippen LogP contribution in [0.2, 0.25) is 5.02 Å². The van der Waals surface area contributed by atoms with Gasteiger partial charge >= 0.3 is 0 Å². The minimum atomic E-state index is -3.77. The minimum absolute atomic E-state index is 0.0748. The first-order valence-corrected chi connectivity index (χ1v) is 9.91. The van der Waals surface area contributed by atoms with Crippen LogP contribution in [0, 0.1) is 0 Å². The van der Waals surface area contributed by atoms with E-state index in [9.17, 15) is 13.2 Å². The second kappa shape index (κ2) is 7.82. The molecule has 0 saturated carbocycles. The lowest BCUT2D eigenvalue weighted by atomic mass is 10.2. The first kappa shape index (κ1) is 18.9. The topological polar surface area (TPSA) is 66.5 Å². The van der Waals surface area contributed by atoms with Gasteiger partial charge in [-0.05, 0) is 42.5 Å². The van der Waals surface area contributed by atoms with Crippen molar-refractivity contribution in [1.82, 2.24) is 0 Å². The molecule has 0 aliphatic heterocycles. The highest BCUT2D eigenvalue weighted by Gasteiger charge is 2.22. The lowest BCUT2D eigenvalue weighted by Gasteiger charge is -2.20. The summed E-state index contributed by atoms with van der Waals surface area (Å²) in [5.74, 6) is -0.411. The second-order valence-corrected chi connectivity index (χ2v) is 8.15. The molecule has 5 nitrogen and oxygen atoms in total. The van der Waals surface area contributed by atoms with Crippen LogP contribution in [-0.2, 0) is 10.0 Å². The fourth-order valence-corrected chi connectivity index (χ4v) is 3.98. The molecule has 7 heteroatoms. The number of carbonyl (C=O) groups excluding carboxylic acids is 1. The Morgan fingerprint density at radius 1 is 0.926 bits per heavy atom. The molecule has 0 radical (unpaired) electrons. The van der Waals surface area contributed by atoms with Crippen molar-refractivity contribution in [2.75, 3.05) is 16.7 Å². The van der Waals surface area contributed by atoms with Crippen molar-refractivity contribution in [3.63, 3.8) is 0 Å². The van der Waals surface area contributed by atoms with Crippen molar-refractivity contribution in [3.8, 4) is 0 Å². The van der Waals surface area contributed by atoms with Gasteiger partial charge in [0.1, 0.15) is 0 Å². The van der Waals surface area contributed by atoms with Crippen molar-refractivity contribution in [2.45, 2.75) is 4.90 Å². The molecule has 0 aliphatic rings. The number of para-hydroxylation sites is 1. The van der Waals surface area contributed by atoms with E-state index in [1.165, 1.54) is 23.5 Å². The SMILES string of the molecule is CN(c1ccccc1)S(=O)(=O)c1cccc(NC(=O)c2ccccc2Cl)c1. The summed E-state index contributed by atoms with van der Waals surface area (Å²) in [5.41, 5.74) is 1.22. The Kier molecular flexibility index (Phi) is 5.48. The number of benzene rings is 3. The molecule has 1 N–H and O–H groups in total. The Morgan fingerprint density at radius 3 is 2.30 bits per heavy atom. The molecule has 27 heavy (non-hydrogen) atoms. The zero-order valence-electron chi connectivity index (χ0n) is 14.5. The average Bonchev–Trinajstić information content (AvgIpc) is 2.68. The predicted octanol–water partition coefficient (Wildman–Crippen LogP) is 4.42. The van der Waals surface area contributed by atoms with Gasteiger partial charge in [-0.1, -0.05) is 48.0 Å². The van der Waals surface area contributed by atoms with Crippen LogP contribution >= 0.6 is 11.6 Å². The van der Waals surface area contributed by atoms with Gasteiger partial charge in [-0.25, -0.2) is 8.42 Å². The zero-order valence-corrected chi connectivity index (χ0v) is 16.0. The van der Waals surface area contributed by atoms with Crippen molar-refractivity contribution in [2.24, 2.45) is 0 Å². The summed E-state index contributed by atoms with van der Waals surface area (Å²) in [6, 6.07) is 21.5. The van der Waals surface area contributed by atoms with Gasteiger partial charge in [0.25, 0.3) is 15.9 Å². The number of amides is 1. The summed E-state index contributed by atoms with van der Waals surface area (Å²) >= 11 is 6.04. The molecule has 0 spiro atoms. The highest BCUT2D eigenvalue weighted by atomic mass is 35.5. The molecule has 138 valence electrons. The van der Waals surface area contributed by atoms with Gasteiger partial charge in [-0.15, -0.1) is 0 Å². The summed E-state index contributed by atoms with van der Waals surface area (Å²) in [6.45, 7) is 0. The summed E-state index contributed by atoms with van der Waals surface area (Å²) in [7, 11) is -2.28. The maximum Gasteiger partial charge on any atom is 0.264 e. The van der Waals surface area contributed by atoms with Crippen LogP contribution in [0.3, 0.4) is 0 Å². The monoisotopic (exact) mass is 400 g/mol. The van der Waals surface area contributed by atoms with Gasteiger partial charge < -0.3 is 5.32 Å². The highest BCUT2D eigenvalue weighted by molar-refractivity contribution is 7.92. The number of nitrogens with zero attached hydrogens (tertiary/aromatic N) is 1. The Labute approximate surface area is 163 Å². The van der Waals surface area contributed by atoms with Gasteiger partial charge in [0.2, 0.25) is 0 Å². The Hall–Kier alpha value is -2.83. The van der Waals surface area contributed by atoms with Gasteiger partial charge in [0.15, 0.2) is 0 Å². The molecule has 0 atom stereocenters. The van der Waals surface area contributed by atoms with Crippen LogP contribution in [0.25, 0.3) is 0 Å². The zero-order chi connectivity index (χ0) is 19.4. The molecule has 0 heterocycles. The van der Waals surface area contributed by atoms with E-state index in [2.05, 4.69) is 5.32 Å². The Balaban J connectivity index is 1.87. The second-order valence-electron chi connectivity index (χ2n) is 5.77. The highest BCUT2D eigenvalue weighted by Crippen LogP contribution is 2.24. The molecule has 3 aromatic rings. The summed E-state index contributed by atoms with van der Waals surface area (Å²) in [6.07, 6.45) is 0. The number of carbonyl (C=O) groups is 1. The van der Waals surface area contributed by atoms with Crippen LogP contribution in [0.15, 0.2) is 83.8 Å². The van der Waals surface area contributed by atoms with Gasteiger partial charge in [0.05, 0.1) is 21.2 Å². The lowest BCUT2D eigenvalue weighted by Crippen LogP contribution is -2.26. The Bertz CT molecular complexity index is 1070. The van der Waals surface area contributed by atoms with Crippen molar-refractivity contribution in [3.05, 3.63) is 89.4 Å². The first-order chi connectivity index (χ1) is 12.9. The average molecular weight is 401 g/mol. The number of halogens is 1. The number of nitrogens with one attached hydrogen (secondary N) is 1. The first-order valence-electron chi connectivity index (χ1n) is 8.09. The molecule has 0 aromatic heterocycles. The predicted molar refractivity (Wildman–Crippen MR) is 108 cm³/mol. The number of anilines is 2. The third kappa shape index (κ3) is 4.13. The molecule has 3 rings (SSSR count). The summed E-state index contributed by atoms with van der Waals surface area (Å²) in [4.78, 5) is 12.5. The van der Waals surface area contributed by atoms with Crippen LogP contribution < -0.4 is 9.62 Å². The third-order valence-electron chi connectivity index (χ3n) is 3.99. The van der Waals surface area contributed by atoms with E-state index in [0.29, 0.717) is 22.0 Å². The molecular weight excluding hydrogens is 384 g/mol. The van der Waals surface area contributed by atoms with E-state index in [4.69, 9.17) is 11.6 Å². The normalized spacial score (nSPS) is 11.0. The maximum atomic E-state index is 12.9. The number of rotatable bonds is 5. The molecule has 3 aromatic carbocycles. The van der Waals surface area contributed by atoms with E-state index in [1.54, 1.807) is 60.7 Å². The fourth-order valence-electron chi connectivity index (χ4n) is 2.51. The van der Waals surface area contributed by atoms with E-state index < -0.39 is 15.9 Å². The molecular formula is C20H17ClN2O3S. The van der Waals surface area contributed by atoms with Gasteiger partial charge in [-0.2, -0.15) is 0 Å². The molecule has 0 saturated heterocycles. The van der Waals surface area contributed by atoms with Gasteiger partial charge in [-0.3, -0.25) is 9.10 Å². The van der Waals surface area contributed by atoms with Crippen LogP contribution in [-0.4, -0.2) is 21.4 Å². The standard InChI is InChI=1S/C20H17ClN2O3S/c1-23(16-9-3-2-4-10-16)27(25,26)17-11-7-8-15(14-17)22-20(24)18-12-5-6-13-19(18)21/h2-14H,1H3,(H,22,24). The van der Waals surface area contributed by atoms with Crippen molar-refractivity contribution < 1.29 is 13.2 Å². The fraction of sp³-hybridized carbons (Fsp3) is 0.0500. The van der Waals surface area contributed by atoms with Crippen LogP contribution in [0.5, 0.6) is 0 Å².